The van der Waals surface area contributed by atoms with Gasteiger partial charge in [-0.05, 0) is 29.8 Å². The lowest BCUT2D eigenvalue weighted by atomic mass is 10.0. The Morgan fingerprint density at radius 2 is 1.88 bits per heavy atom. The molecule has 0 saturated heterocycles. The SMILES string of the molecule is Nc1cc2cn[nH]c2cc1-c1ccc(F)cc1. The van der Waals surface area contributed by atoms with E-state index in [2.05, 4.69) is 10.2 Å². The second kappa shape index (κ2) is 3.59. The van der Waals surface area contributed by atoms with Gasteiger partial charge in [-0.2, -0.15) is 5.10 Å². The summed E-state index contributed by atoms with van der Waals surface area (Å²) in [6.45, 7) is 0. The summed E-state index contributed by atoms with van der Waals surface area (Å²) in [5.41, 5.74) is 9.32. The number of benzene rings is 2. The van der Waals surface area contributed by atoms with Crippen LogP contribution in [0.2, 0.25) is 0 Å². The lowest BCUT2D eigenvalue weighted by Crippen LogP contribution is -1.90. The number of nitrogens with zero attached hydrogens (tertiary/aromatic N) is 1. The van der Waals surface area contributed by atoms with Gasteiger partial charge in [-0.15, -0.1) is 0 Å². The first-order valence-electron chi connectivity index (χ1n) is 5.22. The Labute approximate surface area is 97.1 Å². The van der Waals surface area contributed by atoms with E-state index >= 15 is 0 Å². The van der Waals surface area contributed by atoms with Crippen LogP contribution in [0.5, 0.6) is 0 Å². The van der Waals surface area contributed by atoms with Crippen LogP contribution in [0.3, 0.4) is 0 Å². The number of hydrogen-bond acceptors (Lipinski definition) is 2. The van der Waals surface area contributed by atoms with Crippen LogP contribution >= 0.6 is 0 Å². The molecule has 1 aromatic heterocycles. The van der Waals surface area contributed by atoms with Crippen molar-refractivity contribution in [1.82, 2.24) is 10.2 Å². The van der Waals surface area contributed by atoms with Gasteiger partial charge in [-0.25, -0.2) is 4.39 Å². The molecule has 0 aliphatic carbocycles. The molecule has 3 rings (SSSR count). The van der Waals surface area contributed by atoms with Gasteiger partial charge in [0.1, 0.15) is 5.82 Å². The van der Waals surface area contributed by atoms with Crippen LogP contribution in [0.1, 0.15) is 0 Å². The Morgan fingerprint density at radius 1 is 1.12 bits per heavy atom. The monoisotopic (exact) mass is 227 g/mol. The Bertz CT molecular complexity index is 671. The topological polar surface area (TPSA) is 54.7 Å². The first-order chi connectivity index (χ1) is 8.24. The summed E-state index contributed by atoms with van der Waals surface area (Å²) in [6, 6.07) is 10.0. The van der Waals surface area contributed by atoms with Crippen LogP contribution in [0.4, 0.5) is 10.1 Å². The summed E-state index contributed by atoms with van der Waals surface area (Å²) >= 11 is 0. The maximum atomic E-state index is 12.9. The van der Waals surface area contributed by atoms with E-state index in [1.807, 2.05) is 12.1 Å². The van der Waals surface area contributed by atoms with Gasteiger partial charge in [0.2, 0.25) is 0 Å². The maximum Gasteiger partial charge on any atom is 0.123 e. The van der Waals surface area contributed by atoms with Gasteiger partial charge in [-0.3, -0.25) is 5.10 Å². The fourth-order valence-corrected chi connectivity index (χ4v) is 1.89. The van der Waals surface area contributed by atoms with Crippen LogP contribution in [0.25, 0.3) is 22.0 Å². The third-order valence-corrected chi connectivity index (χ3v) is 2.77. The van der Waals surface area contributed by atoms with Gasteiger partial charge < -0.3 is 5.73 Å². The molecular formula is C13H10FN3. The Hall–Kier alpha value is -2.36. The van der Waals surface area contributed by atoms with Crippen LogP contribution in [-0.4, -0.2) is 10.2 Å². The third kappa shape index (κ3) is 1.63. The van der Waals surface area contributed by atoms with Crippen molar-refractivity contribution in [3.63, 3.8) is 0 Å². The number of halogens is 1. The number of nitrogens with one attached hydrogen (secondary N) is 1. The molecule has 3 aromatic rings. The largest absolute Gasteiger partial charge is 0.398 e. The summed E-state index contributed by atoms with van der Waals surface area (Å²) in [5.74, 6) is -0.255. The molecule has 0 unspecified atom stereocenters. The van der Waals surface area contributed by atoms with Gasteiger partial charge in [0.05, 0.1) is 11.7 Å². The van der Waals surface area contributed by atoms with E-state index in [9.17, 15) is 4.39 Å². The zero-order valence-electron chi connectivity index (χ0n) is 8.94. The van der Waals surface area contributed by atoms with Crippen molar-refractivity contribution in [2.45, 2.75) is 0 Å². The van der Waals surface area contributed by atoms with Crippen molar-refractivity contribution in [3.8, 4) is 11.1 Å². The van der Waals surface area contributed by atoms with Crippen molar-refractivity contribution in [2.75, 3.05) is 5.73 Å². The van der Waals surface area contributed by atoms with Crippen LogP contribution in [0.15, 0.2) is 42.6 Å². The van der Waals surface area contributed by atoms with E-state index in [1.165, 1.54) is 12.1 Å². The van der Waals surface area contributed by atoms with Crippen molar-refractivity contribution in [2.24, 2.45) is 0 Å². The zero-order chi connectivity index (χ0) is 11.8. The Morgan fingerprint density at radius 3 is 2.65 bits per heavy atom. The highest BCUT2D eigenvalue weighted by atomic mass is 19.1. The van der Waals surface area contributed by atoms with E-state index in [-0.39, 0.29) is 5.82 Å². The van der Waals surface area contributed by atoms with E-state index in [0.29, 0.717) is 5.69 Å². The molecule has 0 amide bonds. The standard InChI is InChI=1S/C13H10FN3/c14-10-3-1-8(2-4-10)11-6-13-9(5-12(11)15)7-16-17-13/h1-7H,15H2,(H,16,17). The predicted octanol–water partition coefficient (Wildman–Crippen LogP) is 2.95. The number of nitrogen functional groups attached to an aromatic ring is 1. The van der Waals surface area contributed by atoms with Crippen molar-refractivity contribution in [1.29, 1.82) is 0 Å². The van der Waals surface area contributed by atoms with Crippen LogP contribution in [-0.2, 0) is 0 Å². The van der Waals surface area contributed by atoms with Crippen LogP contribution in [0, 0.1) is 5.82 Å². The highest BCUT2D eigenvalue weighted by Gasteiger charge is 2.06. The summed E-state index contributed by atoms with van der Waals surface area (Å²) in [4.78, 5) is 0. The number of fused-ring (bicyclic) bond motifs is 1. The fourth-order valence-electron chi connectivity index (χ4n) is 1.89. The molecular weight excluding hydrogens is 217 g/mol. The average molecular weight is 227 g/mol. The van der Waals surface area contributed by atoms with Gasteiger partial charge >= 0.3 is 0 Å². The summed E-state index contributed by atoms with van der Waals surface area (Å²) in [5, 5.41) is 7.81. The number of aromatic nitrogens is 2. The molecule has 0 bridgehead atoms. The van der Waals surface area contributed by atoms with Crippen molar-refractivity contribution < 1.29 is 4.39 Å². The van der Waals surface area contributed by atoms with E-state index in [1.54, 1.807) is 18.3 Å². The van der Waals surface area contributed by atoms with Crippen molar-refractivity contribution in [3.05, 3.63) is 48.4 Å². The number of nitrogens with two attached hydrogens (primary N) is 1. The highest BCUT2D eigenvalue weighted by Crippen LogP contribution is 2.29. The second-order valence-electron chi connectivity index (χ2n) is 3.90. The quantitative estimate of drug-likeness (QED) is 0.628. The summed E-state index contributed by atoms with van der Waals surface area (Å²) < 4.78 is 12.9. The summed E-state index contributed by atoms with van der Waals surface area (Å²) in [7, 11) is 0. The van der Waals surface area contributed by atoms with E-state index < -0.39 is 0 Å². The molecule has 0 spiro atoms. The number of hydrogen-bond donors (Lipinski definition) is 2. The lowest BCUT2D eigenvalue weighted by molar-refractivity contribution is 0.628. The van der Waals surface area contributed by atoms with Gasteiger partial charge in [0.15, 0.2) is 0 Å². The molecule has 2 aromatic carbocycles. The molecule has 0 aliphatic heterocycles. The second-order valence-corrected chi connectivity index (χ2v) is 3.90. The smallest absolute Gasteiger partial charge is 0.123 e. The lowest BCUT2D eigenvalue weighted by Gasteiger charge is -2.06. The molecule has 0 atom stereocenters. The molecule has 17 heavy (non-hydrogen) atoms. The third-order valence-electron chi connectivity index (χ3n) is 2.77. The number of rotatable bonds is 1. The zero-order valence-corrected chi connectivity index (χ0v) is 8.94. The number of aromatic amines is 1. The molecule has 0 aliphatic rings. The molecule has 3 nitrogen and oxygen atoms in total. The molecule has 4 heteroatoms. The van der Waals surface area contributed by atoms with Crippen LogP contribution < -0.4 is 5.73 Å². The summed E-state index contributed by atoms with van der Waals surface area (Å²) in [6.07, 6.45) is 1.72. The Balaban J connectivity index is 2.21. The molecule has 0 saturated carbocycles. The maximum absolute atomic E-state index is 12.9. The minimum absolute atomic E-state index is 0.255. The van der Waals surface area contributed by atoms with E-state index in [4.69, 9.17) is 5.73 Å². The van der Waals surface area contributed by atoms with Gasteiger partial charge in [0.25, 0.3) is 0 Å². The fraction of sp³-hybridized carbons (Fsp3) is 0. The molecule has 0 radical (unpaired) electrons. The normalized spacial score (nSPS) is 10.9. The molecule has 84 valence electrons. The molecule has 1 heterocycles. The average Bonchev–Trinajstić information content (AvgIpc) is 2.76. The van der Waals surface area contributed by atoms with Gasteiger partial charge in [0, 0.05) is 16.6 Å². The minimum Gasteiger partial charge on any atom is -0.398 e. The first kappa shape index (κ1) is 9.84. The Kier molecular flexibility index (Phi) is 2.08. The van der Waals surface area contributed by atoms with Gasteiger partial charge in [-0.1, -0.05) is 12.1 Å². The number of H-pyrrole nitrogens is 1. The molecule has 3 N–H and O–H groups in total. The first-order valence-corrected chi connectivity index (χ1v) is 5.22. The predicted molar refractivity (Wildman–Crippen MR) is 65.9 cm³/mol. The minimum atomic E-state index is -0.255. The molecule has 0 fully saturated rings. The number of anilines is 1. The highest BCUT2D eigenvalue weighted by molar-refractivity contribution is 5.91. The van der Waals surface area contributed by atoms with E-state index in [0.717, 1.165) is 22.0 Å². The van der Waals surface area contributed by atoms with Crippen molar-refractivity contribution >= 4 is 16.6 Å².